The van der Waals surface area contributed by atoms with Crippen LogP contribution in [0.4, 0.5) is 0 Å². The Labute approximate surface area is 184 Å². The van der Waals surface area contributed by atoms with E-state index in [0.717, 1.165) is 23.8 Å². The van der Waals surface area contributed by atoms with Crippen LogP contribution in [0.5, 0.6) is 0 Å². The number of rotatable bonds is 7. The van der Waals surface area contributed by atoms with Crippen molar-refractivity contribution in [2.75, 3.05) is 0 Å². The van der Waals surface area contributed by atoms with Crippen molar-refractivity contribution in [2.45, 2.75) is 110 Å². The van der Waals surface area contributed by atoms with Crippen molar-refractivity contribution >= 4 is 0 Å². The molecule has 0 aromatic heterocycles. The topological polar surface area (TPSA) is 60.7 Å². The third-order valence-electron chi connectivity index (χ3n) is 9.15. The minimum atomic E-state index is -0.586. The summed E-state index contributed by atoms with van der Waals surface area (Å²) in [6.45, 7) is 11.1. The molecular weight excluding hydrogens is 372 g/mol. The Morgan fingerprint density at radius 1 is 1.17 bits per heavy atom. The first kappa shape index (κ1) is 24.0. The van der Waals surface area contributed by atoms with Crippen LogP contribution in [0.1, 0.15) is 92.4 Å². The molecule has 8 atom stereocenters. The zero-order chi connectivity index (χ0) is 22.1. The van der Waals surface area contributed by atoms with Crippen LogP contribution in [0, 0.1) is 35.0 Å². The van der Waals surface area contributed by atoms with Gasteiger partial charge in [-0.15, -0.1) is 0 Å². The number of hydrogen-bond acceptors (Lipinski definition) is 3. The molecule has 3 N–H and O–H groups in total. The van der Waals surface area contributed by atoms with Gasteiger partial charge in [-0.05, 0) is 93.0 Å². The van der Waals surface area contributed by atoms with Crippen LogP contribution in [-0.2, 0) is 0 Å². The molecule has 172 valence electrons. The van der Waals surface area contributed by atoms with E-state index in [4.69, 9.17) is 0 Å². The molecule has 0 saturated heterocycles. The molecule has 0 amide bonds. The Bertz CT molecular complexity index is 631. The molecule has 0 radical (unpaired) electrons. The second-order valence-corrected chi connectivity index (χ2v) is 11.7. The fourth-order valence-corrected chi connectivity index (χ4v) is 6.91. The molecule has 0 aromatic rings. The van der Waals surface area contributed by atoms with Gasteiger partial charge in [0.15, 0.2) is 0 Å². The van der Waals surface area contributed by atoms with Gasteiger partial charge >= 0.3 is 0 Å². The third-order valence-corrected chi connectivity index (χ3v) is 9.15. The Hall–Kier alpha value is -0.640. The Morgan fingerprint density at radius 3 is 2.57 bits per heavy atom. The van der Waals surface area contributed by atoms with E-state index in [2.05, 4.69) is 32.9 Å². The lowest BCUT2D eigenvalue weighted by Crippen LogP contribution is -2.39. The first-order valence-corrected chi connectivity index (χ1v) is 12.5. The molecule has 2 fully saturated rings. The monoisotopic (exact) mass is 418 g/mol. The number of aliphatic hydroxyl groups excluding tert-OH is 2. The van der Waals surface area contributed by atoms with Gasteiger partial charge in [-0.3, -0.25) is 0 Å². The van der Waals surface area contributed by atoms with Gasteiger partial charge in [-0.2, -0.15) is 0 Å². The molecule has 2 saturated carbocycles. The zero-order valence-electron chi connectivity index (χ0n) is 20.0. The van der Waals surface area contributed by atoms with Crippen LogP contribution < -0.4 is 0 Å². The summed E-state index contributed by atoms with van der Waals surface area (Å²) in [6, 6.07) is 0. The summed E-state index contributed by atoms with van der Waals surface area (Å²) in [5.74, 6) is 3.19. The van der Waals surface area contributed by atoms with E-state index in [9.17, 15) is 15.3 Å². The highest BCUT2D eigenvalue weighted by Crippen LogP contribution is 2.60. The number of allylic oxidation sites excluding steroid dienone is 2. The largest absolute Gasteiger partial charge is 0.393 e. The predicted octanol–water partition coefficient (Wildman–Crippen LogP) is 5.64. The molecule has 3 nitrogen and oxygen atoms in total. The van der Waals surface area contributed by atoms with Gasteiger partial charge in [-0.25, -0.2) is 0 Å². The maximum atomic E-state index is 10.3. The zero-order valence-corrected chi connectivity index (χ0v) is 20.0. The molecule has 0 aliphatic heterocycles. The van der Waals surface area contributed by atoms with Crippen molar-refractivity contribution in [1.29, 1.82) is 0 Å². The van der Waals surface area contributed by atoms with E-state index < -0.39 is 17.8 Å². The van der Waals surface area contributed by atoms with E-state index in [1.165, 1.54) is 38.5 Å². The summed E-state index contributed by atoms with van der Waals surface area (Å²) in [7, 11) is 0. The van der Waals surface area contributed by atoms with E-state index in [1.54, 1.807) is 0 Å². The number of fused-ring (bicyclic) bond motifs is 1. The number of hydrogen-bond donors (Lipinski definition) is 3. The standard InChI is InChI=1S/C27H46O3/c1-18(8-9-19(2)26(3,4)30)24-12-13-25-21(7-6-14-27(24,25)5)11-10-20-15-22(28)17-23(29)16-20/h10-11,15,18-19,21-25,28-30H,6-9,12-14,16-17H2,1-5H3/b11-10+/t18-,19+,21+,22-,23-,24-,25-,27-/m1/s1. The average Bonchev–Trinajstić information content (AvgIpc) is 3.00. The van der Waals surface area contributed by atoms with Gasteiger partial charge in [-0.1, -0.05) is 51.8 Å². The number of aliphatic hydroxyl groups is 3. The predicted molar refractivity (Wildman–Crippen MR) is 124 cm³/mol. The van der Waals surface area contributed by atoms with Crippen molar-refractivity contribution in [2.24, 2.45) is 35.0 Å². The van der Waals surface area contributed by atoms with Crippen LogP contribution >= 0.6 is 0 Å². The fourth-order valence-electron chi connectivity index (χ4n) is 6.91. The van der Waals surface area contributed by atoms with Gasteiger partial charge in [0.05, 0.1) is 17.8 Å². The van der Waals surface area contributed by atoms with Crippen LogP contribution in [0.15, 0.2) is 23.8 Å². The quantitative estimate of drug-likeness (QED) is 0.501. The molecule has 0 spiro atoms. The lowest BCUT2D eigenvalue weighted by molar-refractivity contribution is 0.0111. The van der Waals surface area contributed by atoms with E-state index in [1.807, 2.05) is 19.9 Å². The normalized spacial score (nSPS) is 39.6. The molecule has 3 heteroatoms. The van der Waals surface area contributed by atoms with Crippen LogP contribution in [0.3, 0.4) is 0 Å². The summed E-state index contributed by atoms with van der Waals surface area (Å²) in [5, 5.41) is 30.2. The van der Waals surface area contributed by atoms with Crippen molar-refractivity contribution in [3.05, 3.63) is 23.8 Å². The average molecular weight is 419 g/mol. The summed E-state index contributed by atoms with van der Waals surface area (Å²) in [6.07, 6.45) is 15.6. The molecule has 0 bridgehead atoms. The van der Waals surface area contributed by atoms with E-state index in [0.29, 0.717) is 36.0 Å². The highest BCUT2D eigenvalue weighted by atomic mass is 16.3. The van der Waals surface area contributed by atoms with E-state index >= 15 is 0 Å². The van der Waals surface area contributed by atoms with Crippen molar-refractivity contribution < 1.29 is 15.3 Å². The third kappa shape index (κ3) is 5.40. The lowest BCUT2D eigenvalue weighted by Gasteiger charge is -2.46. The Kier molecular flexibility index (Phi) is 7.58. The Morgan fingerprint density at radius 2 is 1.90 bits per heavy atom. The van der Waals surface area contributed by atoms with Gasteiger partial charge in [0.1, 0.15) is 0 Å². The second kappa shape index (κ2) is 9.46. The molecule has 0 aromatic carbocycles. The summed E-state index contributed by atoms with van der Waals surface area (Å²) in [4.78, 5) is 0. The molecule has 3 aliphatic rings. The molecule has 0 heterocycles. The van der Waals surface area contributed by atoms with Crippen LogP contribution in [0.2, 0.25) is 0 Å². The SMILES string of the molecule is C[C@H](CC[C@H](C)C(C)(C)O)[C@H]1CC[C@@H]2[C@H](/C=C/C3=C[C@@H](O)C[C@H](O)C3)CCC[C@]12C. The fraction of sp³-hybridized carbons (Fsp3) is 0.852. The van der Waals surface area contributed by atoms with Gasteiger partial charge < -0.3 is 15.3 Å². The first-order valence-electron chi connectivity index (χ1n) is 12.5. The highest BCUT2D eigenvalue weighted by molar-refractivity contribution is 5.25. The minimum Gasteiger partial charge on any atom is -0.393 e. The van der Waals surface area contributed by atoms with Crippen LogP contribution in [-0.4, -0.2) is 33.1 Å². The minimum absolute atomic E-state index is 0.335. The van der Waals surface area contributed by atoms with Crippen molar-refractivity contribution in [3.8, 4) is 0 Å². The first-order chi connectivity index (χ1) is 14.0. The second-order valence-electron chi connectivity index (χ2n) is 11.7. The maximum Gasteiger partial charge on any atom is 0.0751 e. The summed E-state index contributed by atoms with van der Waals surface area (Å²) >= 11 is 0. The Balaban J connectivity index is 1.64. The molecule has 0 unspecified atom stereocenters. The summed E-state index contributed by atoms with van der Waals surface area (Å²) in [5.41, 5.74) is 0.930. The van der Waals surface area contributed by atoms with Crippen molar-refractivity contribution in [3.63, 3.8) is 0 Å². The van der Waals surface area contributed by atoms with Gasteiger partial charge in [0, 0.05) is 6.42 Å². The van der Waals surface area contributed by atoms with Gasteiger partial charge in [0.25, 0.3) is 0 Å². The van der Waals surface area contributed by atoms with Gasteiger partial charge in [0.2, 0.25) is 0 Å². The maximum absolute atomic E-state index is 10.3. The van der Waals surface area contributed by atoms with Crippen LogP contribution in [0.25, 0.3) is 0 Å². The van der Waals surface area contributed by atoms with Crippen molar-refractivity contribution in [1.82, 2.24) is 0 Å². The molecule has 3 rings (SSSR count). The molecule has 30 heavy (non-hydrogen) atoms. The molecule has 3 aliphatic carbocycles. The van der Waals surface area contributed by atoms with E-state index in [-0.39, 0.29) is 0 Å². The lowest BCUT2D eigenvalue weighted by atomic mass is 9.59. The molecular formula is C27H46O3. The highest BCUT2D eigenvalue weighted by Gasteiger charge is 2.51. The summed E-state index contributed by atoms with van der Waals surface area (Å²) < 4.78 is 0. The smallest absolute Gasteiger partial charge is 0.0751 e.